The Hall–Kier alpha value is -4.18. The number of esters is 1. The first-order valence-corrected chi connectivity index (χ1v) is 12.2. The molecule has 1 saturated carbocycles. The van der Waals surface area contributed by atoms with Gasteiger partial charge in [0.1, 0.15) is 22.9 Å². The Kier molecular flexibility index (Phi) is 6.66. The standard InChI is InChI=1S/C27H28FN5O4/c1-3-37-27(36)16-10-17(11-16)30-13-15-4-5-19-22(9-15)33-26(35)24-20(6-7-29-25(24)32-19)31-21-12-23(34)14(2)8-18(21)28/h4-9,12,16-17,30,34H,3,10-11,13H2,1-2H3,(H,33,35)(H2,29,31,32). The molecule has 5 rings (SSSR count). The van der Waals surface area contributed by atoms with Gasteiger partial charge < -0.3 is 31.1 Å². The molecule has 0 bridgehead atoms. The summed E-state index contributed by atoms with van der Waals surface area (Å²) >= 11 is 0. The number of hydrogen-bond acceptors (Lipinski definition) is 8. The Balaban J connectivity index is 1.30. The lowest BCUT2D eigenvalue weighted by molar-refractivity contribution is -0.151. The number of carbonyl (C=O) groups is 2. The van der Waals surface area contributed by atoms with E-state index in [1.807, 2.05) is 18.2 Å². The fraction of sp³-hybridized carbons (Fsp3) is 0.296. The zero-order valence-corrected chi connectivity index (χ0v) is 20.5. The molecule has 10 heteroatoms. The van der Waals surface area contributed by atoms with Gasteiger partial charge in [-0.25, -0.2) is 9.37 Å². The second kappa shape index (κ2) is 10.1. The van der Waals surface area contributed by atoms with Crippen LogP contribution in [0.15, 0.2) is 42.6 Å². The Morgan fingerprint density at radius 2 is 1.97 bits per heavy atom. The minimum Gasteiger partial charge on any atom is -0.508 e. The summed E-state index contributed by atoms with van der Waals surface area (Å²) in [6.45, 7) is 4.38. The third kappa shape index (κ3) is 5.05. The fourth-order valence-corrected chi connectivity index (χ4v) is 4.52. The molecular weight excluding hydrogens is 477 g/mol. The predicted molar refractivity (Wildman–Crippen MR) is 138 cm³/mol. The summed E-state index contributed by atoms with van der Waals surface area (Å²) in [4.78, 5) is 29.3. The quantitative estimate of drug-likeness (QED) is 0.292. The number of hydrogen-bond donors (Lipinski definition) is 5. The number of benzene rings is 2. The largest absolute Gasteiger partial charge is 0.508 e. The molecule has 0 saturated heterocycles. The molecule has 0 atom stereocenters. The Morgan fingerprint density at radius 1 is 1.16 bits per heavy atom. The van der Waals surface area contributed by atoms with Crippen LogP contribution >= 0.6 is 0 Å². The lowest BCUT2D eigenvalue weighted by Gasteiger charge is -2.34. The molecule has 9 nitrogen and oxygen atoms in total. The van der Waals surface area contributed by atoms with Gasteiger partial charge in [0.25, 0.3) is 5.91 Å². The van der Waals surface area contributed by atoms with Crippen molar-refractivity contribution in [3.8, 4) is 5.75 Å². The number of amides is 1. The van der Waals surface area contributed by atoms with Gasteiger partial charge in [-0.2, -0.15) is 0 Å². The second-order valence-corrected chi connectivity index (χ2v) is 9.28. The average molecular weight is 506 g/mol. The number of nitrogens with zero attached hydrogens (tertiary/aromatic N) is 1. The number of rotatable bonds is 7. The van der Waals surface area contributed by atoms with E-state index in [0.717, 1.165) is 18.4 Å². The minimum atomic E-state index is -0.552. The van der Waals surface area contributed by atoms with Crippen molar-refractivity contribution in [2.24, 2.45) is 5.92 Å². The van der Waals surface area contributed by atoms with Gasteiger partial charge in [-0.05, 0) is 62.1 Å². The van der Waals surface area contributed by atoms with Crippen LogP contribution in [0.25, 0.3) is 0 Å². The molecule has 1 amide bonds. The van der Waals surface area contributed by atoms with E-state index in [1.165, 1.54) is 18.3 Å². The number of ether oxygens (including phenoxy) is 1. The molecule has 0 unspecified atom stereocenters. The predicted octanol–water partition coefficient (Wildman–Crippen LogP) is 4.72. The van der Waals surface area contributed by atoms with E-state index >= 15 is 0 Å². The van der Waals surface area contributed by atoms with Crippen molar-refractivity contribution in [3.05, 3.63) is 65.1 Å². The van der Waals surface area contributed by atoms with Crippen LogP contribution in [0.4, 0.5) is 33.0 Å². The Morgan fingerprint density at radius 3 is 2.76 bits per heavy atom. The highest BCUT2D eigenvalue weighted by Crippen LogP contribution is 2.36. The molecule has 2 aromatic carbocycles. The van der Waals surface area contributed by atoms with E-state index in [4.69, 9.17) is 4.74 Å². The summed E-state index contributed by atoms with van der Waals surface area (Å²) in [5.41, 5.74) is 3.24. The molecule has 0 spiro atoms. The van der Waals surface area contributed by atoms with Crippen molar-refractivity contribution >= 4 is 40.4 Å². The Labute approximate surface area is 213 Å². The lowest BCUT2D eigenvalue weighted by Crippen LogP contribution is -2.44. The van der Waals surface area contributed by atoms with Crippen LogP contribution < -0.4 is 21.3 Å². The molecule has 192 valence electrons. The highest BCUT2D eigenvalue weighted by Gasteiger charge is 2.35. The van der Waals surface area contributed by atoms with Crippen molar-refractivity contribution in [2.75, 3.05) is 22.6 Å². The molecular formula is C27H28FN5O4. The van der Waals surface area contributed by atoms with E-state index in [9.17, 15) is 19.1 Å². The summed E-state index contributed by atoms with van der Waals surface area (Å²) in [5.74, 6) is -0.873. The first kappa shape index (κ1) is 24.5. The Bertz CT molecular complexity index is 1370. The zero-order chi connectivity index (χ0) is 26.1. The number of carbonyl (C=O) groups excluding carboxylic acids is 2. The van der Waals surface area contributed by atoms with Crippen LogP contribution in [-0.2, 0) is 16.1 Å². The van der Waals surface area contributed by atoms with Crippen molar-refractivity contribution < 1.29 is 23.8 Å². The van der Waals surface area contributed by atoms with Crippen molar-refractivity contribution in [1.82, 2.24) is 10.3 Å². The van der Waals surface area contributed by atoms with Gasteiger partial charge >= 0.3 is 5.97 Å². The molecule has 5 N–H and O–H groups in total. The first-order chi connectivity index (χ1) is 17.8. The van der Waals surface area contributed by atoms with Gasteiger partial charge in [0.2, 0.25) is 0 Å². The van der Waals surface area contributed by atoms with Gasteiger partial charge in [0.15, 0.2) is 0 Å². The number of anilines is 5. The van der Waals surface area contributed by atoms with Crippen LogP contribution in [0.3, 0.4) is 0 Å². The van der Waals surface area contributed by atoms with E-state index in [-0.39, 0.29) is 34.9 Å². The van der Waals surface area contributed by atoms with Gasteiger partial charge in [-0.15, -0.1) is 0 Å². The lowest BCUT2D eigenvalue weighted by atomic mass is 9.80. The fourth-order valence-electron chi connectivity index (χ4n) is 4.52. The summed E-state index contributed by atoms with van der Waals surface area (Å²) in [7, 11) is 0. The van der Waals surface area contributed by atoms with Crippen LogP contribution in [0.1, 0.15) is 41.3 Å². The first-order valence-electron chi connectivity index (χ1n) is 12.2. The van der Waals surface area contributed by atoms with Crippen molar-refractivity contribution in [2.45, 2.75) is 39.3 Å². The smallest absolute Gasteiger partial charge is 0.309 e. The number of pyridine rings is 1. The second-order valence-electron chi connectivity index (χ2n) is 9.28. The minimum absolute atomic E-state index is 0.0422. The topological polar surface area (TPSA) is 125 Å². The molecule has 3 aromatic rings. The third-order valence-corrected chi connectivity index (χ3v) is 6.67. The number of aromatic hydroxyl groups is 1. The maximum absolute atomic E-state index is 14.5. The molecule has 2 aliphatic rings. The number of nitrogens with one attached hydrogen (secondary N) is 4. The number of phenolic OH excluding ortho intramolecular Hbond substituents is 1. The number of aromatic nitrogens is 1. The van der Waals surface area contributed by atoms with Gasteiger partial charge in [-0.3, -0.25) is 9.59 Å². The highest BCUT2D eigenvalue weighted by molar-refractivity contribution is 6.15. The summed E-state index contributed by atoms with van der Waals surface area (Å²) in [5, 5.41) is 22.5. The summed E-state index contributed by atoms with van der Waals surface area (Å²) < 4.78 is 19.6. The van der Waals surface area contributed by atoms with Crippen LogP contribution in [-0.4, -0.2) is 34.6 Å². The molecule has 2 heterocycles. The van der Waals surface area contributed by atoms with E-state index in [0.29, 0.717) is 41.6 Å². The maximum Gasteiger partial charge on any atom is 0.309 e. The van der Waals surface area contributed by atoms with Crippen LogP contribution in [0.5, 0.6) is 5.75 Å². The number of halogens is 1. The van der Waals surface area contributed by atoms with E-state index < -0.39 is 11.7 Å². The monoisotopic (exact) mass is 505 g/mol. The van der Waals surface area contributed by atoms with Gasteiger partial charge in [-0.1, -0.05) is 6.07 Å². The molecule has 1 fully saturated rings. The van der Waals surface area contributed by atoms with Crippen LogP contribution in [0.2, 0.25) is 0 Å². The molecule has 1 aliphatic carbocycles. The maximum atomic E-state index is 14.5. The number of fused-ring (bicyclic) bond motifs is 2. The van der Waals surface area contributed by atoms with Crippen LogP contribution in [0, 0.1) is 18.7 Å². The normalized spacial score (nSPS) is 17.9. The SMILES string of the molecule is CCOC(=O)C1CC(NCc2ccc3c(c2)NC(=O)c2c(Nc4cc(O)c(C)cc4F)ccnc2N3)C1. The van der Waals surface area contributed by atoms with E-state index in [2.05, 4.69) is 26.3 Å². The van der Waals surface area contributed by atoms with Crippen molar-refractivity contribution in [1.29, 1.82) is 0 Å². The number of aryl methyl sites for hydroxylation is 1. The zero-order valence-electron chi connectivity index (χ0n) is 20.5. The highest BCUT2D eigenvalue weighted by atomic mass is 19.1. The number of phenols is 1. The summed E-state index contributed by atoms with van der Waals surface area (Å²) in [6.07, 6.45) is 3.01. The molecule has 37 heavy (non-hydrogen) atoms. The molecule has 0 radical (unpaired) electrons. The summed E-state index contributed by atoms with van der Waals surface area (Å²) in [6, 6.07) is 10.0. The molecule has 1 aromatic heterocycles. The van der Waals surface area contributed by atoms with E-state index in [1.54, 1.807) is 19.9 Å². The third-order valence-electron chi connectivity index (χ3n) is 6.67. The molecule has 1 aliphatic heterocycles. The van der Waals surface area contributed by atoms with Gasteiger partial charge in [0.05, 0.1) is 35.3 Å². The average Bonchev–Trinajstić information content (AvgIpc) is 2.97. The van der Waals surface area contributed by atoms with Gasteiger partial charge in [0, 0.05) is 24.8 Å². The van der Waals surface area contributed by atoms with Crippen molar-refractivity contribution in [3.63, 3.8) is 0 Å².